The van der Waals surface area contributed by atoms with Gasteiger partial charge in [-0.1, -0.05) is 25.5 Å². The minimum absolute atomic E-state index is 0.0212. The Hall–Kier alpha value is -2.73. The first-order valence-corrected chi connectivity index (χ1v) is 16.5. The first-order chi connectivity index (χ1) is 21.7. The Morgan fingerprint density at radius 2 is 1.80 bits per heavy atom. The van der Waals surface area contributed by atoms with Gasteiger partial charge in [-0.15, -0.1) is 0 Å². The van der Waals surface area contributed by atoms with E-state index in [0.29, 0.717) is 74.8 Å². The van der Waals surface area contributed by atoms with E-state index in [0.717, 1.165) is 63.2 Å². The standard InChI is InChI=1S/C34H49F2N5O4/c1-5-6-24-19-26(34(3,35)36)8-7-25(24)20-37-31-22(2)30(39-32(40-31)23-11-16-44-17-12-23)33(42)41-14-9-27(10-15-41)38-28-13-18-45-21-29(28)43-4/h7-8,19,23,27-29,38H,5-6,9-18,20-21H2,1-4H3,(H,37,39,40). The maximum Gasteiger partial charge on any atom is 0.272 e. The van der Waals surface area contributed by atoms with E-state index in [9.17, 15) is 13.6 Å². The minimum Gasteiger partial charge on any atom is -0.381 e. The van der Waals surface area contributed by atoms with Crippen LogP contribution >= 0.6 is 0 Å². The molecule has 11 heteroatoms. The van der Waals surface area contributed by atoms with Crippen LogP contribution in [0.15, 0.2) is 18.2 Å². The number of carbonyl (C=O) groups excluding carboxylic acids is 1. The molecular formula is C34H49F2N5O4. The molecule has 2 N–H and O–H groups in total. The van der Waals surface area contributed by atoms with Crippen molar-refractivity contribution in [1.29, 1.82) is 0 Å². The summed E-state index contributed by atoms with van der Waals surface area (Å²) in [5, 5.41) is 7.21. The maximum atomic E-state index is 14.1. The van der Waals surface area contributed by atoms with Crippen molar-refractivity contribution in [1.82, 2.24) is 20.2 Å². The van der Waals surface area contributed by atoms with Gasteiger partial charge in [0.1, 0.15) is 17.3 Å². The molecule has 3 aliphatic heterocycles. The SMILES string of the molecule is CCCc1cc(C(C)(F)F)ccc1CNc1nc(C2CCOCC2)nc(C(=O)N2CCC(NC3CCOCC3OC)CC2)c1C. The van der Waals surface area contributed by atoms with Crippen molar-refractivity contribution >= 4 is 11.7 Å². The summed E-state index contributed by atoms with van der Waals surface area (Å²) in [6.45, 7) is 9.17. The summed E-state index contributed by atoms with van der Waals surface area (Å²) in [6, 6.07) is 5.46. The van der Waals surface area contributed by atoms with Gasteiger partial charge in [0.2, 0.25) is 0 Å². The molecule has 3 aliphatic rings. The number of piperidine rings is 1. The Labute approximate surface area is 265 Å². The van der Waals surface area contributed by atoms with Gasteiger partial charge >= 0.3 is 0 Å². The molecule has 2 unspecified atom stereocenters. The number of hydrogen-bond donors (Lipinski definition) is 2. The van der Waals surface area contributed by atoms with Crippen LogP contribution in [0.2, 0.25) is 0 Å². The third-order valence-electron chi connectivity index (χ3n) is 9.47. The number of aromatic nitrogens is 2. The number of anilines is 1. The fraction of sp³-hybridized carbons (Fsp3) is 0.676. The quantitative estimate of drug-likeness (QED) is 0.343. The molecule has 1 aromatic carbocycles. The molecule has 0 spiro atoms. The summed E-state index contributed by atoms with van der Waals surface area (Å²) >= 11 is 0. The Balaban J connectivity index is 1.33. The fourth-order valence-electron chi connectivity index (χ4n) is 6.64. The predicted octanol–water partition coefficient (Wildman–Crippen LogP) is 5.35. The average Bonchev–Trinajstić information content (AvgIpc) is 3.05. The Kier molecular flexibility index (Phi) is 11.4. The number of aryl methyl sites for hydroxylation is 1. The Bertz CT molecular complexity index is 1290. The van der Waals surface area contributed by atoms with Crippen LogP contribution in [-0.4, -0.2) is 85.6 Å². The highest BCUT2D eigenvalue weighted by molar-refractivity contribution is 5.95. The number of carbonyl (C=O) groups is 1. The van der Waals surface area contributed by atoms with Crippen molar-refractivity contribution in [3.05, 3.63) is 52.0 Å². The molecule has 45 heavy (non-hydrogen) atoms. The largest absolute Gasteiger partial charge is 0.381 e. The smallest absolute Gasteiger partial charge is 0.272 e. The molecule has 2 atom stereocenters. The van der Waals surface area contributed by atoms with Gasteiger partial charge in [0, 0.05) is 82.6 Å². The van der Waals surface area contributed by atoms with E-state index in [4.69, 9.17) is 24.2 Å². The topological polar surface area (TPSA) is 97.8 Å². The summed E-state index contributed by atoms with van der Waals surface area (Å²) in [4.78, 5) is 25.7. The number of nitrogens with one attached hydrogen (secondary N) is 2. The van der Waals surface area contributed by atoms with Gasteiger partial charge in [-0.05, 0) is 62.6 Å². The number of methoxy groups -OCH3 is 1. The van der Waals surface area contributed by atoms with E-state index in [1.807, 2.05) is 18.7 Å². The molecule has 4 heterocycles. The van der Waals surface area contributed by atoms with Crippen LogP contribution < -0.4 is 10.6 Å². The van der Waals surface area contributed by atoms with Gasteiger partial charge in [-0.3, -0.25) is 4.79 Å². The summed E-state index contributed by atoms with van der Waals surface area (Å²) < 4.78 is 44.9. The number of benzene rings is 1. The number of ether oxygens (including phenoxy) is 3. The summed E-state index contributed by atoms with van der Waals surface area (Å²) in [5.74, 6) is -1.59. The van der Waals surface area contributed by atoms with Crippen LogP contribution in [0.25, 0.3) is 0 Å². The van der Waals surface area contributed by atoms with Gasteiger partial charge in [-0.2, -0.15) is 0 Å². The minimum atomic E-state index is -2.90. The van der Waals surface area contributed by atoms with E-state index < -0.39 is 5.92 Å². The molecule has 0 saturated carbocycles. The molecule has 1 amide bonds. The molecule has 0 aliphatic carbocycles. The second-order valence-electron chi connectivity index (χ2n) is 12.7. The van der Waals surface area contributed by atoms with E-state index in [2.05, 4.69) is 10.6 Å². The molecule has 1 aromatic heterocycles. The normalized spacial score (nSPS) is 22.0. The van der Waals surface area contributed by atoms with Crippen molar-refractivity contribution < 1.29 is 27.8 Å². The number of hydrogen-bond acceptors (Lipinski definition) is 8. The van der Waals surface area contributed by atoms with E-state index in [-0.39, 0.29) is 29.5 Å². The van der Waals surface area contributed by atoms with Crippen molar-refractivity contribution in [3.8, 4) is 0 Å². The molecule has 0 radical (unpaired) electrons. The van der Waals surface area contributed by atoms with Gasteiger partial charge in [0.25, 0.3) is 11.8 Å². The molecule has 3 fully saturated rings. The molecule has 248 valence electrons. The number of nitrogens with zero attached hydrogens (tertiary/aromatic N) is 3. The average molecular weight is 630 g/mol. The van der Waals surface area contributed by atoms with Crippen molar-refractivity contribution in [2.24, 2.45) is 0 Å². The van der Waals surface area contributed by atoms with E-state index >= 15 is 0 Å². The zero-order chi connectivity index (χ0) is 32.0. The highest BCUT2D eigenvalue weighted by Crippen LogP contribution is 2.31. The second-order valence-corrected chi connectivity index (χ2v) is 12.7. The van der Waals surface area contributed by atoms with Crippen LogP contribution in [0.4, 0.5) is 14.6 Å². The van der Waals surface area contributed by atoms with Crippen LogP contribution in [0.3, 0.4) is 0 Å². The maximum absolute atomic E-state index is 14.1. The fourth-order valence-corrected chi connectivity index (χ4v) is 6.64. The lowest BCUT2D eigenvalue weighted by Gasteiger charge is -2.38. The first kappa shape index (κ1) is 33.6. The Morgan fingerprint density at radius 1 is 1.07 bits per heavy atom. The van der Waals surface area contributed by atoms with Crippen molar-refractivity contribution in [3.63, 3.8) is 0 Å². The van der Waals surface area contributed by atoms with Crippen LogP contribution in [0.1, 0.15) is 96.9 Å². The van der Waals surface area contributed by atoms with Crippen LogP contribution in [0.5, 0.6) is 0 Å². The van der Waals surface area contributed by atoms with E-state index in [1.54, 1.807) is 19.2 Å². The third-order valence-corrected chi connectivity index (χ3v) is 9.47. The molecular weight excluding hydrogens is 580 g/mol. The Morgan fingerprint density at radius 3 is 2.49 bits per heavy atom. The third kappa shape index (κ3) is 8.36. The lowest BCUT2D eigenvalue weighted by Crippen LogP contribution is -2.54. The molecule has 9 nitrogen and oxygen atoms in total. The van der Waals surface area contributed by atoms with Gasteiger partial charge in [0.05, 0.1) is 12.7 Å². The number of alkyl halides is 2. The predicted molar refractivity (Wildman–Crippen MR) is 169 cm³/mol. The van der Waals surface area contributed by atoms with E-state index in [1.165, 1.54) is 6.07 Å². The summed E-state index contributed by atoms with van der Waals surface area (Å²) in [7, 11) is 1.73. The highest BCUT2D eigenvalue weighted by Gasteiger charge is 2.32. The van der Waals surface area contributed by atoms with Crippen molar-refractivity contribution in [2.75, 3.05) is 51.9 Å². The summed E-state index contributed by atoms with van der Waals surface area (Å²) in [5.41, 5.74) is 2.99. The zero-order valence-corrected chi connectivity index (χ0v) is 27.2. The van der Waals surface area contributed by atoms with Gasteiger partial charge in [-0.25, -0.2) is 18.7 Å². The molecule has 0 bridgehead atoms. The number of likely N-dealkylation sites (tertiary alicyclic amines) is 1. The van der Waals surface area contributed by atoms with Crippen LogP contribution in [-0.2, 0) is 33.1 Å². The molecule has 3 saturated heterocycles. The highest BCUT2D eigenvalue weighted by atomic mass is 19.3. The molecule has 5 rings (SSSR count). The van der Waals surface area contributed by atoms with Gasteiger partial charge in [0.15, 0.2) is 0 Å². The number of halogens is 2. The monoisotopic (exact) mass is 629 g/mol. The van der Waals surface area contributed by atoms with Gasteiger partial charge < -0.3 is 29.7 Å². The number of amides is 1. The first-order valence-electron chi connectivity index (χ1n) is 16.5. The number of rotatable bonds is 11. The lowest BCUT2D eigenvalue weighted by atomic mass is 9.97. The van der Waals surface area contributed by atoms with Crippen LogP contribution in [0, 0.1) is 6.92 Å². The lowest BCUT2D eigenvalue weighted by molar-refractivity contribution is -0.0533. The van der Waals surface area contributed by atoms with Crippen molar-refractivity contribution in [2.45, 2.75) is 102 Å². The second kappa shape index (κ2) is 15.2. The zero-order valence-electron chi connectivity index (χ0n) is 27.2. The summed E-state index contributed by atoms with van der Waals surface area (Å²) in [6.07, 6.45) is 5.82. The molecule has 2 aromatic rings.